The van der Waals surface area contributed by atoms with Gasteiger partial charge in [-0.3, -0.25) is 9.78 Å². The summed E-state index contributed by atoms with van der Waals surface area (Å²) in [5.74, 6) is -0.0971. The van der Waals surface area contributed by atoms with Crippen LogP contribution in [-0.4, -0.2) is 17.1 Å². The number of aromatic nitrogens is 1. The molecule has 1 N–H and O–H groups in total. The standard InChI is InChI=1S/C9H11N3O/c1-2-9(13)12-11-7-8-4-3-5-10-6-8/h3-7H,2H2,1H3,(H,12,13)/b11-7+. The largest absolute Gasteiger partial charge is 0.273 e. The molecule has 4 heteroatoms. The molecule has 0 saturated heterocycles. The van der Waals surface area contributed by atoms with E-state index in [1.807, 2.05) is 12.1 Å². The second kappa shape index (κ2) is 5.03. The highest BCUT2D eigenvalue weighted by Crippen LogP contribution is 1.89. The van der Waals surface area contributed by atoms with Gasteiger partial charge in [0, 0.05) is 24.4 Å². The summed E-state index contributed by atoms with van der Waals surface area (Å²) in [6.07, 6.45) is 5.34. The molecular weight excluding hydrogens is 166 g/mol. The minimum atomic E-state index is -0.0971. The monoisotopic (exact) mass is 177 g/mol. The molecule has 13 heavy (non-hydrogen) atoms. The number of hydrogen-bond acceptors (Lipinski definition) is 3. The van der Waals surface area contributed by atoms with Crippen molar-refractivity contribution in [2.45, 2.75) is 13.3 Å². The molecule has 0 atom stereocenters. The lowest BCUT2D eigenvalue weighted by Crippen LogP contribution is -2.15. The van der Waals surface area contributed by atoms with Crippen molar-refractivity contribution in [2.75, 3.05) is 0 Å². The lowest BCUT2D eigenvalue weighted by atomic mass is 10.3. The Kier molecular flexibility index (Phi) is 3.63. The molecule has 0 fully saturated rings. The SMILES string of the molecule is CCC(=O)N/N=C/c1cccnc1. The van der Waals surface area contributed by atoms with Gasteiger partial charge in [0.05, 0.1) is 6.21 Å². The Hall–Kier alpha value is -1.71. The molecule has 1 amide bonds. The molecule has 0 saturated carbocycles. The first-order valence-electron chi connectivity index (χ1n) is 4.05. The second-order valence-corrected chi connectivity index (χ2v) is 2.43. The Labute approximate surface area is 76.7 Å². The van der Waals surface area contributed by atoms with E-state index in [-0.39, 0.29) is 5.91 Å². The first-order chi connectivity index (χ1) is 6.33. The normalized spacial score (nSPS) is 10.2. The molecule has 0 aliphatic heterocycles. The van der Waals surface area contributed by atoms with Crippen LogP contribution in [0.3, 0.4) is 0 Å². The van der Waals surface area contributed by atoms with Crippen LogP contribution in [0, 0.1) is 0 Å². The first kappa shape index (κ1) is 9.38. The van der Waals surface area contributed by atoms with Gasteiger partial charge in [-0.05, 0) is 6.07 Å². The fourth-order valence-electron chi connectivity index (χ4n) is 0.710. The lowest BCUT2D eigenvalue weighted by molar-refractivity contribution is -0.120. The maximum Gasteiger partial charge on any atom is 0.239 e. The van der Waals surface area contributed by atoms with Gasteiger partial charge < -0.3 is 0 Å². The third kappa shape index (κ3) is 3.46. The molecule has 68 valence electrons. The van der Waals surface area contributed by atoms with Gasteiger partial charge in [-0.2, -0.15) is 5.10 Å². The number of nitrogens with one attached hydrogen (secondary N) is 1. The second-order valence-electron chi connectivity index (χ2n) is 2.43. The summed E-state index contributed by atoms with van der Waals surface area (Å²) in [6, 6.07) is 3.66. The van der Waals surface area contributed by atoms with E-state index >= 15 is 0 Å². The van der Waals surface area contributed by atoms with E-state index in [4.69, 9.17) is 0 Å². The summed E-state index contributed by atoms with van der Waals surface area (Å²) in [7, 11) is 0. The summed E-state index contributed by atoms with van der Waals surface area (Å²) in [6.45, 7) is 1.77. The topological polar surface area (TPSA) is 54.4 Å². The number of carbonyl (C=O) groups is 1. The van der Waals surface area contributed by atoms with Crippen molar-refractivity contribution in [1.29, 1.82) is 0 Å². The van der Waals surface area contributed by atoms with Gasteiger partial charge in [-0.25, -0.2) is 5.43 Å². The average molecular weight is 177 g/mol. The van der Waals surface area contributed by atoms with Gasteiger partial charge in [-0.15, -0.1) is 0 Å². The van der Waals surface area contributed by atoms with E-state index in [1.165, 1.54) is 0 Å². The van der Waals surface area contributed by atoms with E-state index in [9.17, 15) is 4.79 Å². The Morgan fingerprint density at radius 1 is 1.77 bits per heavy atom. The van der Waals surface area contributed by atoms with Crippen molar-refractivity contribution >= 4 is 12.1 Å². The minimum Gasteiger partial charge on any atom is -0.273 e. The van der Waals surface area contributed by atoms with Crippen molar-refractivity contribution in [3.63, 3.8) is 0 Å². The van der Waals surface area contributed by atoms with Crippen molar-refractivity contribution in [1.82, 2.24) is 10.4 Å². The third-order valence-corrected chi connectivity index (χ3v) is 1.41. The number of hydrazone groups is 1. The van der Waals surface area contributed by atoms with E-state index in [0.717, 1.165) is 5.56 Å². The minimum absolute atomic E-state index is 0.0971. The molecule has 0 bridgehead atoms. The van der Waals surface area contributed by atoms with Gasteiger partial charge >= 0.3 is 0 Å². The zero-order valence-electron chi connectivity index (χ0n) is 7.40. The Bertz CT molecular complexity index is 295. The number of rotatable bonds is 3. The molecule has 1 aromatic rings. The molecule has 0 aliphatic rings. The quantitative estimate of drug-likeness (QED) is 0.552. The maximum absolute atomic E-state index is 10.8. The molecule has 1 rings (SSSR count). The van der Waals surface area contributed by atoms with Gasteiger partial charge in [0.15, 0.2) is 0 Å². The third-order valence-electron chi connectivity index (χ3n) is 1.41. The van der Waals surface area contributed by atoms with Crippen LogP contribution in [0.25, 0.3) is 0 Å². The molecule has 4 nitrogen and oxygen atoms in total. The summed E-state index contributed by atoms with van der Waals surface area (Å²) < 4.78 is 0. The molecule has 0 radical (unpaired) electrons. The maximum atomic E-state index is 10.8. The predicted molar refractivity (Wildman–Crippen MR) is 50.3 cm³/mol. The highest BCUT2D eigenvalue weighted by atomic mass is 16.2. The molecule has 1 aromatic heterocycles. The lowest BCUT2D eigenvalue weighted by Gasteiger charge is -1.93. The van der Waals surface area contributed by atoms with Crippen molar-refractivity contribution in [2.24, 2.45) is 5.10 Å². The zero-order valence-corrected chi connectivity index (χ0v) is 7.40. The molecule has 0 aromatic carbocycles. The smallest absolute Gasteiger partial charge is 0.239 e. The van der Waals surface area contributed by atoms with E-state index in [1.54, 1.807) is 25.5 Å². The number of pyridine rings is 1. The van der Waals surface area contributed by atoms with Gasteiger partial charge in [0.1, 0.15) is 0 Å². The first-order valence-corrected chi connectivity index (χ1v) is 4.05. The van der Waals surface area contributed by atoms with Crippen molar-refractivity contribution < 1.29 is 4.79 Å². The number of nitrogens with zero attached hydrogens (tertiary/aromatic N) is 2. The molecule has 1 heterocycles. The van der Waals surface area contributed by atoms with Crippen LogP contribution in [0.5, 0.6) is 0 Å². The van der Waals surface area contributed by atoms with Gasteiger partial charge in [0.2, 0.25) is 5.91 Å². The summed E-state index contributed by atoms with van der Waals surface area (Å²) in [5.41, 5.74) is 3.24. The van der Waals surface area contributed by atoms with Crippen LogP contribution in [0.2, 0.25) is 0 Å². The Morgan fingerprint density at radius 2 is 2.62 bits per heavy atom. The predicted octanol–water partition coefficient (Wildman–Crippen LogP) is 0.942. The van der Waals surface area contributed by atoms with Crippen LogP contribution in [0.15, 0.2) is 29.6 Å². The van der Waals surface area contributed by atoms with Crippen LogP contribution in [0.1, 0.15) is 18.9 Å². The van der Waals surface area contributed by atoms with E-state index < -0.39 is 0 Å². The highest BCUT2D eigenvalue weighted by Gasteiger charge is 1.90. The van der Waals surface area contributed by atoms with Gasteiger partial charge in [0.25, 0.3) is 0 Å². The summed E-state index contributed by atoms with van der Waals surface area (Å²) >= 11 is 0. The molecule has 0 spiro atoms. The van der Waals surface area contributed by atoms with Crippen LogP contribution >= 0.6 is 0 Å². The number of carbonyl (C=O) groups excluding carboxylic acids is 1. The molecular formula is C9H11N3O. The fraction of sp³-hybridized carbons (Fsp3) is 0.222. The van der Waals surface area contributed by atoms with Crippen LogP contribution < -0.4 is 5.43 Å². The average Bonchev–Trinajstić information content (AvgIpc) is 2.19. The van der Waals surface area contributed by atoms with Crippen LogP contribution in [0.4, 0.5) is 0 Å². The van der Waals surface area contributed by atoms with E-state index in [2.05, 4.69) is 15.5 Å². The van der Waals surface area contributed by atoms with Gasteiger partial charge in [-0.1, -0.05) is 13.0 Å². The molecule has 0 unspecified atom stereocenters. The Balaban J connectivity index is 2.45. The number of hydrogen-bond donors (Lipinski definition) is 1. The van der Waals surface area contributed by atoms with E-state index in [0.29, 0.717) is 6.42 Å². The summed E-state index contributed by atoms with van der Waals surface area (Å²) in [5, 5.41) is 3.75. The van der Waals surface area contributed by atoms with Crippen LogP contribution in [-0.2, 0) is 4.79 Å². The summed E-state index contributed by atoms with van der Waals surface area (Å²) in [4.78, 5) is 14.7. The van der Waals surface area contributed by atoms with Crippen molar-refractivity contribution in [3.05, 3.63) is 30.1 Å². The Morgan fingerprint density at radius 3 is 3.23 bits per heavy atom. The molecule has 0 aliphatic carbocycles. The zero-order chi connectivity index (χ0) is 9.52. The number of amides is 1. The van der Waals surface area contributed by atoms with Crippen molar-refractivity contribution in [3.8, 4) is 0 Å². The highest BCUT2D eigenvalue weighted by molar-refractivity contribution is 5.81. The fourth-order valence-corrected chi connectivity index (χ4v) is 0.710.